The minimum absolute atomic E-state index is 0.194. The number of aromatic nitrogens is 1. The Kier molecular flexibility index (Phi) is 4.20. The third-order valence-electron chi connectivity index (χ3n) is 2.84. The van der Waals surface area contributed by atoms with Crippen molar-refractivity contribution in [1.29, 1.82) is 0 Å². The molecule has 20 heavy (non-hydrogen) atoms. The molecule has 1 heterocycles. The minimum Gasteiger partial charge on any atom is -0.479 e. The highest BCUT2D eigenvalue weighted by atomic mass is 16.5. The first-order valence-corrected chi connectivity index (χ1v) is 6.20. The fraction of sp³-hybridized carbons (Fsp3) is 0.200. The molecule has 0 atom stereocenters. The molecule has 1 amide bonds. The molecule has 0 saturated heterocycles. The molecule has 2 rings (SSSR count). The molecule has 2 aromatic rings. The van der Waals surface area contributed by atoms with Gasteiger partial charge in [-0.3, -0.25) is 4.79 Å². The zero-order valence-electron chi connectivity index (χ0n) is 11.8. The van der Waals surface area contributed by atoms with E-state index in [4.69, 9.17) is 4.74 Å². The van der Waals surface area contributed by atoms with Crippen LogP contribution in [0, 0.1) is 0 Å². The van der Waals surface area contributed by atoms with E-state index in [9.17, 15) is 4.79 Å². The molecule has 0 unspecified atom stereocenters. The second kappa shape index (κ2) is 6.06. The van der Waals surface area contributed by atoms with Crippen LogP contribution in [0.1, 0.15) is 10.4 Å². The van der Waals surface area contributed by atoms with Crippen molar-refractivity contribution in [2.75, 3.05) is 31.4 Å². The van der Waals surface area contributed by atoms with Gasteiger partial charge in [0.25, 0.3) is 5.91 Å². The predicted octanol–water partition coefficient (Wildman–Crippen LogP) is 2.41. The highest BCUT2D eigenvalue weighted by molar-refractivity contribution is 6.06. The number of rotatable bonds is 4. The van der Waals surface area contributed by atoms with Gasteiger partial charge in [0.2, 0.25) is 5.88 Å². The predicted molar refractivity (Wildman–Crippen MR) is 79.5 cm³/mol. The molecule has 0 bridgehead atoms. The number of benzene rings is 1. The van der Waals surface area contributed by atoms with Gasteiger partial charge in [-0.2, -0.15) is 0 Å². The minimum atomic E-state index is -0.194. The van der Waals surface area contributed by atoms with E-state index in [1.807, 2.05) is 43.3 Å². The van der Waals surface area contributed by atoms with Crippen LogP contribution in [0.5, 0.6) is 5.88 Å². The van der Waals surface area contributed by atoms with Crippen LogP contribution in [-0.2, 0) is 0 Å². The lowest BCUT2D eigenvalue weighted by Gasteiger charge is -2.19. The number of anilines is 2. The van der Waals surface area contributed by atoms with Crippen LogP contribution in [0.15, 0.2) is 42.6 Å². The van der Waals surface area contributed by atoms with E-state index in [0.717, 1.165) is 5.69 Å². The summed E-state index contributed by atoms with van der Waals surface area (Å²) in [5.41, 5.74) is 1.98. The summed E-state index contributed by atoms with van der Waals surface area (Å²) in [6.07, 6.45) is 1.65. The van der Waals surface area contributed by atoms with Crippen molar-refractivity contribution < 1.29 is 9.53 Å². The van der Waals surface area contributed by atoms with Crippen molar-refractivity contribution in [3.63, 3.8) is 0 Å². The molecule has 1 N–H and O–H groups in total. The van der Waals surface area contributed by atoms with Gasteiger partial charge in [0.1, 0.15) is 5.69 Å². The molecule has 0 aliphatic rings. The average Bonchev–Trinajstić information content (AvgIpc) is 2.48. The number of amides is 1. The number of carbonyl (C=O) groups excluding carboxylic acids is 1. The fourth-order valence-electron chi connectivity index (χ4n) is 1.85. The maximum absolute atomic E-state index is 12.2. The van der Waals surface area contributed by atoms with Gasteiger partial charge in [-0.1, -0.05) is 18.2 Å². The molecule has 0 radical (unpaired) electrons. The summed E-state index contributed by atoms with van der Waals surface area (Å²) in [5.74, 6) is 0.195. The number of nitrogens with zero attached hydrogens (tertiary/aromatic N) is 2. The van der Waals surface area contributed by atoms with Gasteiger partial charge in [0.05, 0.1) is 12.8 Å². The Morgan fingerprint density at radius 3 is 2.50 bits per heavy atom. The maximum Gasteiger partial charge on any atom is 0.255 e. The summed E-state index contributed by atoms with van der Waals surface area (Å²) < 4.78 is 5.22. The zero-order valence-corrected chi connectivity index (χ0v) is 11.8. The Balaban J connectivity index is 2.35. The molecular weight excluding hydrogens is 254 g/mol. The van der Waals surface area contributed by atoms with Gasteiger partial charge in [0.15, 0.2) is 0 Å². The van der Waals surface area contributed by atoms with E-state index in [0.29, 0.717) is 17.1 Å². The molecular formula is C15H17N3O2. The van der Waals surface area contributed by atoms with Crippen LogP contribution < -0.4 is 15.0 Å². The Labute approximate surface area is 118 Å². The van der Waals surface area contributed by atoms with Crippen LogP contribution in [-0.4, -0.2) is 32.1 Å². The molecule has 104 valence electrons. The summed E-state index contributed by atoms with van der Waals surface area (Å²) in [4.78, 5) is 18.3. The number of carbonyl (C=O) groups is 1. The quantitative estimate of drug-likeness (QED) is 0.927. The summed E-state index contributed by atoms with van der Waals surface area (Å²) in [5, 5.41) is 2.86. The molecule has 0 spiro atoms. The van der Waals surface area contributed by atoms with Gasteiger partial charge >= 0.3 is 0 Å². The van der Waals surface area contributed by atoms with Gasteiger partial charge < -0.3 is 15.0 Å². The summed E-state index contributed by atoms with van der Waals surface area (Å²) in [6.45, 7) is 0. The number of hydrogen-bond donors (Lipinski definition) is 1. The Morgan fingerprint density at radius 1 is 1.20 bits per heavy atom. The van der Waals surface area contributed by atoms with E-state index in [1.165, 1.54) is 7.11 Å². The lowest BCUT2D eigenvalue weighted by Crippen LogP contribution is -2.17. The van der Waals surface area contributed by atoms with Crippen LogP contribution in [0.3, 0.4) is 0 Å². The van der Waals surface area contributed by atoms with Crippen LogP contribution in [0.4, 0.5) is 11.4 Å². The number of hydrogen-bond acceptors (Lipinski definition) is 4. The van der Waals surface area contributed by atoms with E-state index in [2.05, 4.69) is 10.3 Å². The van der Waals surface area contributed by atoms with Gasteiger partial charge in [-0.05, 0) is 18.2 Å². The van der Waals surface area contributed by atoms with Crippen molar-refractivity contribution in [3.8, 4) is 5.88 Å². The number of methoxy groups -OCH3 is 1. The SMILES string of the molecule is COc1nccc(N(C)C)c1NC(=O)c1ccccc1. The van der Waals surface area contributed by atoms with Gasteiger partial charge in [-0.15, -0.1) is 0 Å². The van der Waals surface area contributed by atoms with E-state index in [-0.39, 0.29) is 5.91 Å². The van der Waals surface area contributed by atoms with Crippen molar-refractivity contribution in [3.05, 3.63) is 48.2 Å². The first kappa shape index (κ1) is 13.9. The van der Waals surface area contributed by atoms with E-state index < -0.39 is 0 Å². The molecule has 0 fully saturated rings. The third kappa shape index (κ3) is 2.88. The Hall–Kier alpha value is -2.56. The zero-order chi connectivity index (χ0) is 14.5. The summed E-state index contributed by atoms with van der Waals surface area (Å²) in [7, 11) is 5.32. The van der Waals surface area contributed by atoms with E-state index >= 15 is 0 Å². The summed E-state index contributed by atoms with van der Waals surface area (Å²) in [6, 6.07) is 10.8. The molecule has 1 aromatic heterocycles. The molecule has 5 heteroatoms. The number of pyridine rings is 1. The van der Waals surface area contributed by atoms with Gasteiger partial charge in [0, 0.05) is 25.9 Å². The number of ether oxygens (including phenoxy) is 1. The van der Waals surface area contributed by atoms with Crippen LogP contribution in [0.25, 0.3) is 0 Å². The average molecular weight is 271 g/mol. The second-order valence-electron chi connectivity index (χ2n) is 4.43. The van der Waals surface area contributed by atoms with Crippen molar-refractivity contribution >= 4 is 17.3 Å². The monoisotopic (exact) mass is 271 g/mol. The van der Waals surface area contributed by atoms with Crippen LogP contribution in [0.2, 0.25) is 0 Å². The first-order valence-electron chi connectivity index (χ1n) is 6.20. The lowest BCUT2D eigenvalue weighted by molar-refractivity contribution is 0.102. The smallest absolute Gasteiger partial charge is 0.255 e. The lowest BCUT2D eigenvalue weighted by atomic mass is 10.2. The fourth-order valence-corrected chi connectivity index (χ4v) is 1.85. The molecule has 0 aliphatic heterocycles. The first-order chi connectivity index (χ1) is 9.63. The second-order valence-corrected chi connectivity index (χ2v) is 4.43. The van der Waals surface area contributed by atoms with Crippen molar-refractivity contribution in [2.24, 2.45) is 0 Å². The molecule has 5 nitrogen and oxygen atoms in total. The van der Waals surface area contributed by atoms with E-state index in [1.54, 1.807) is 18.3 Å². The Bertz CT molecular complexity index is 597. The third-order valence-corrected chi connectivity index (χ3v) is 2.84. The largest absolute Gasteiger partial charge is 0.479 e. The van der Waals surface area contributed by atoms with Crippen molar-refractivity contribution in [1.82, 2.24) is 4.98 Å². The standard InChI is InChI=1S/C15H17N3O2/c1-18(2)12-9-10-16-15(20-3)13(12)17-14(19)11-7-5-4-6-8-11/h4-10H,1-3H3,(H,17,19). The van der Waals surface area contributed by atoms with Crippen molar-refractivity contribution in [2.45, 2.75) is 0 Å². The molecule has 0 saturated carbocycles. The highest BCUT2D eigenvalue weighted by Gasteiger charge is 2.15. The van der Waals surface area contributed by atoms with Gasteiger partial charge in [-0.25, -0.2) is 4.98 Å². The molecule has 0 aliphatic carbocycles. The normalized spacial score (nSPS) is 9.95. The highest BCUT2D eigenvalue weighted by Crippen LogP contribution is 2.32. The number of nitrogens with one attached hydrogen (secondary N) is 1. The van der Waals surface area contributed by atoms with Crippen LogP contribution >= 0.6 is 0 Å². The topological polar surface area (TPSA) is 54.5 Å². The molecule has 1 aromatic carbocycles. The summed E-state index contributed by atoms with van der Waals surface area (Å²) >= 11 is 0. The Morgan fingerprint density at radius 2 is 1.90 bits per heavy atom. The maximum atomic E-state index is 12.2.